The van der Waals surface area contributed by atoms with E-state index in [-0.39, 0.29) is 15.1 Å². The molecule has 22 heavy (non-hydrogen) atoms. The summed E-state index contributed by atoms with van der Waals surface area (Å²) < 4.78 is 0.197. The lowest BCUT2D eigenvalue weighted by molar-refractivity contribution is -0.132. The number of fused-ring (bicyclic) bond motifs is 1. The predicted molar refractivity (Wildman–Crippen MR) is 87.6 cm³/mol. The third kappa shape index (κ3) is 2.11. The molecule has 8 heteroatoms. The maximum absolute atomic E-state index is 12.5. The fourth-order valence-electron chi connectivity index (χ4n) is 2.36. The van der Waals surface area contributed by atoms with Crippen molar-refractivity contribution < 1.29 is 14.4 Å². The molecule has 1 fully saturated rings. The number of carbonyl (C=O) groups excluding carboxylic acids is 3. The molecular weight excluding hydrogens is 322 g/mol. The molecule has 2 heterocycles. The number of thiocarbonyl (C=S) groups is 1. The Morgan fingerprint density at radius 2 is 1.91 bits per heavy atom. The highest BCUT2D eigenvalue weighted by Gasteiger charge is 2.41. The van der Waals surface area contributed by atoms with Gasteiger partial charge in [0.1, 0.15) is 0 Å². The maximum Gasteiger partial charge on any atom is 0.286 e. The van der Waals surface area contributed by atoms with Crippen LogP contribution in [0.1, 0.15) is 12.5 Å². The summed E-state index contributed by atoms with van der Waals surface area (Å²) in [7, 11) is 1.66. The average Bonchev–Trinajstić information content (AvgIpc) is 2.88. The van der Waals surface area contributed by atoms with E-state index in [4.69, 9.17) is 12.2 Å². The van der Waals surface area contributed by atoms with E-state index in [9.17, 15) is 14.4 Å². The average molecular weight is 333 g/mol. The Hall–Kier alpha value is -2.19. The van der Waals surface area contributed by atoms with Gasteiger partial charge in [0, 0.05) is 19.5 Å². The van der Waals surface area contributed by atoms with Gasteiger partial charge in [0.15, 0.2) is 4.32 Å². The highest BCUT2D eigenvalue weighted by molar-refractivity contribution is 8.26. The topological polar surface area (TPSA) is 69.7 Å². The van der Waals surface area contributed by atoms with E-state index >= 15 is 0 Å². The Kier molecular flexibility index (Phi) is 3.50. The van der Waals surface area contributed by atoms with Crippen LogP contribution in [0.15, 0.2) is 29.2 Å². The van der Waals surface area contributed by atoms with Crippen LogP contribution in [0.4, 0.5) is 5.69 Å². The summed E-state index contributed by atoms with van der Waals surface area (Å²) in [6.45, 7) is 1.29. The van der Waals surface area contributed by atoms with Gasteiger partial charge in [-0.2, -0.15) is 5.01 Å². The minimum Gasteiger partial charge on any atom is -0.311 e. The Labute approximate surface area is 136 Å². The largest absolute Gasteiger partial charge is 0.311 e. The normalized spacial score (nSPS) is 20.7. The van der Waals surface area contributed by atoms with E-state index < -0.39 is 11.8 Å². The van der Waals surface area contributed by atoms with Crippen LogP contribution in [0.5, 0.6) is 0 Å². The minimum absolute atomic E-state index is 0.197. The number of nitrogens with zero attached hydrogens (tertiary/aromatic N) is 2. The number of carbonyl (C=O) groups is 3. The summed E-state index contributed by atoms with van der Waals surface area (Å²) in [6, 6.07) is 7.24. The van der Waals surface area contributed by atoms with Gasteiger partial charge in [0.2, 0.25) is 5.91 Å². The molecule has 0 aromatic heterocycles. The number of amides is 3. The number of nitrogens with one attached hydrogen (secondary N) is 1. The number of hydrazine groups is 1. The van der Waals surface area contributed by atoms with E-state index in [0.717, 1.165) is 22.5 Å². The van der Waals surface area contributed by atoms with Crippen molar-refractivity contribution in [3.8, 4) is 0 Å². The van der Waals surface area contributed by atoms with Crippen LogP contribution in [0, 0.1) is 0 Å². The summed E-state index contributed by atoms with van der Waals surface area (Å²) in [5, 5.41) is 0.999. The molecule has 2 aliphatic heterocycles. The number of likely N-dealkylation sites (N-methyl/N-ethyl adjacent to an activating group) is 1. The number of anilines is 1. The molecule has 1 N–H and O–H groups in total. The van der Waals surface area contributed by atoms with Gasteiger partial charge in [0.25, 0.3) is 11.8 Å². The summed E-state index contributed by atoms with van der Waals surface area (Å²) in [4.78, 5) is 37.9. The first-order chi connectivity index (χ1) is 10.4. The zero-order valence-electron chi connectivity index (χ0n) is 11.7. The summed E-state index contributed by atoms with van der Waals surface area (Å²) in [5.74, 6) is -1.15. The smallest absolute Gasteiger partial charge is 0.286 e. The quantitative estimate of drug-likeness (QED) is 0.619. The van der Waals surface area contributed by atoms with Crippen molar-refractivity contribution in [2.24, 2.45) is 0 Å². The molecule has 1 aromatic rings. The molecule has 0 atom stereocenters. The van der Waals surface area contributed by atoms with Crippen molar-refractivity contribution in [2.45, 2.75) is 6.92 Å². The van der Waals surface area contributed by atoms with E-state index in [1.807, 2.05) is 12.1 Å². The van der Waals surface area contributed by atoms with Gasteiger partial charge in [0.05, 0.1) is 16.2 Å². The van der Waals surface area contributed by atoms with Gasteiger partial charge in [-0.15, -0.1) is 0 Å². The molecule has 3 amide bonds. The second-order valence-electron chi connectivity index (χ2n) is 4.76. The van der Waals surface area contributed by atoms with Crippen molar-refractivity contribution in [3.63, 3.8) is 0 Å². The first-order valence-corrected chi connectivity index (χ1v) is 7.59. The molecule has 2 aliphatic rings. The summed E-state index contributed by atoms with van der Waals surface area (Å²) >= 11 is 6.13. The van der Waals surface area contributed by atoms with Gasteiger partial charge in [-0.25, -0.2) is 0 Å². The van der Waals surface area contributed by atoms with Crippen molar-refractivity contribution in [1.29, 1.82) is 0 Å². The molecule has 0 saturated carbocycles. The zero-order valence-corrected chi connectivity index (χ0v) is 13.4. The van der Waals surface area contributed by atoms with Gasteiger partial charge >= 0.3 is 0 Å². The second kappa shape index (κ2) is 5.22. The first-order valence-electron chi connectivity index (χ1n) is 6.37. The Morgan fingerprint density at radius 3 is 2.59 bits per heavy atom. The van der Waals surface area contributed by atoms with Crippen LogP contribution in [-0.4, -0.2) is 34.1 Å². The van der Waals surface area contributed by atoms with Crippen LogP contribution < -0.4 is 10.3 Å². The molecule has 1 aromatic carbocycles. The number of para-hydroxylation sites is 1. The molecule has 3 rings (SSSR count). The van der Waals surface area contributed by atoms with Gasteiger partial charge < -0.3 is 4.90 Å². The molecule has 0 unspecified atom stereocenters. The van der Waals surface area contributed by atoms with Crippen LogP contribution >= 0.6 is 24.0 Å². The first kappa shape index (κ1) is 14.7. The number of thioether (sulfide) groups is 1. The Bertz CT molecular complexity index is 772. The number of hydrogen-bond donors (Lipinski definition) is 1. The van der Waals surface area contributed by atoms with Gasteiger partial charge in [-0.1, -0.05) is 30.0 Å². The number of rotatable bonds is 1. The maximum atomic E-state index is 12.5. The molecule has 6 nitrogen and oxygen atoms in total. The Balaban J connectivity index is 2.12. The fraction of sp³-hybridized carbons (Fsp3) is 0.143. The summed E-state index contributed by atoms with van der Waals surface area (Å²) in [6.07, 6.45) is 0. The van der Waals surface area contributed by atoms with Crippen LogP contribution in [0.25, 0.3) is 5.57 Å². The number of benzene rings is 1. The van der Waals surface area contributed by atoms with E-state index in [1.165, 1.54) is 11.8 Å². The third-order valence-corrected chi connectivity index (χ3v) is 4.69. The van der Waals surface area contributed by atoms with E-state index in [0.29, 0.717) is 11.1 Å². The van der Waals surface area contributed by atoms with Crippen molar-refractivity contribution in [1.82, 2.24) is 10.4 Å². The van der Waals surface area contributed by atoms with Crippen LogP contribution in [0.2, 0.25) is 0 Å². The lowest BCUT2D eigenvalue weighted by atomic mass is 10.1. The van der Waals surface area contributed by atoms with E-state index in [1.54, 1.807) is 19.2 Å². The highest BCUT2D eigenvalue weighted by atomic mass is 32.2. The molecule has 0 aliphatic carbocycles. The van der Waals surface area contributed by atoms with Crippen LogP contribution in [0.3, 0.4) is 0 Å². The molecule has 1 saturated heterocycles. The van der Waals surface area contributed by atoms with Gasteiger partial charge in [-0.05, 0) is 18.3 Å². The SMILES string of the molecule is CC(=O)NN1C(=O)C(=C2C(=O)N(C)c3ccccc32)SC1=S. The second-order valence-corrected chi connectivity index (χ2v) is 6.41. The van der Waals surface area contributed by atoms with E-state index in [2.05, 4.69) is 5.43 Å². The molecule has 0 radical (unpaired) electrons. The monoisotopic (exact) mass is 333 g/mol. The molecule has 0 spiro atoms. The van der Waals surface area contributed by atoms with Crippen LogP contribution in [-0.2, 0) is 14.4 Å². The lowest BCUT2D eigenvalue weighted by Crippen LogP contribution is -2.43. The van der Waals surface area contributed by atoms with Crippen molar-refractivity contribution in [2.75, 3.05) is 11.9 Å². The lowest BCUT2D eigenvalue weighted by Gasteiger charge is -2.13. The highest BCUT2D eigenvalue weighted by Crippen LogP contribution is 2.43. The fourth-order valence-corrected chi connectivity index (χ4v) is 3.61. The zero-order chi connectivity index (χ0) is 16.0. The van der Waals surface area contributed by atoms with Crippen molar-refractivity contribution in [3.05, 3.63) is 34.7 Å². The van der Waals surface area contributed by atoms with Gasteiger partial charge in [-0.3, -0.25) is 19.8 Å². The minimum atomic E-state index is -0.487. The molecular formula is C14H11N3O3S2. The molecule has 0 bridgehead atoms. The standard InChI is InChI=1S/C14H11N3O3S2/c1-7(18)15-17-13(20)11(22-14(17)21)10-8-5-3-4-6-9(8)16(2)12(10)19/h3-6H,1-2H3,(H,15,18). The number of hydrogen-bond acceptors (Lipinski definition) is 5. The summed E-state index contributed by atoms with van der Waals surface area (Å²) in [5.41, 5.74) is 4.13. The predicted octanol–water partition coefficient (Wildman–Crippen LogP) is 1.29. The molecule has 112 valence electrons. The third-order valence-electron chi connectivity index (χ3n) is 3.32. The Morgan fingerprint density at radius 1 is 1.23 bits per heavy atom. The van der Waals surface area contributed by atoms with Crippen molar-refractivity contribution >= 4 is 57.3 Å².